The van der Waals surface area contributed by atoms with Gasteiger partial charge in [-0.15, -0.1) is 0 Å². The Bertz CT molecular complexity index is 159. The second kappa shape index (κ2) is 4.30. The molecule has 0 bridgehead atoms. The molecule has 0 heteroatoms. The molecule has 0 aliphatic rings. The highest BCUT2D eigenvalue weighted by Crippen LogP contribution is 2.35. The first kappa shape index (κ1) is 15.2. The van der Waals surface area contributed by atoms with Gasteiger partial charge in [0.15, 0.2) is 0 Å². The first-order chi connectivity index (χ1) is 5.07. The molecule has 0 aliphatic carbocycles. The lowest BCUT2D eigenvalue weighted by molar-refractivity contribution is 0.445. The maximum atomic E-state index is 2.28. The fourth-order valence-electron chi connectivity index (χ4n) is 1.12. The van der Waals surface area contributed by atoms with Gasteiger partial charge in [-0.05, 0) is 24.7 Å². The van der Waals surface area contributed by atoms with Crippen LogP contribution in [-0.4, -0.2) is 0 Å². The monoisotopic (exact) mass is 184 g/mol. The highest BCUT2D eigenvalue weighted by molar-refractivity contribution is 5.20. The first-order valence-corrected chi connectivity index (χ1v) is 4.75. The largest absolute Gasteiger partial charge is 0.0776 e. The van der Waals surface area contributed by atoms with Crippen molar-refractivity contribution in [3.63, 3.8) is 0 Å². The van der Waals surface area contributed by atoms with E-state index in [9.17, 15) is 0 Å². The number of rotatable bonds is 0. The predicted molar refractivity (Wildman–Crippen MR) is 64.0 cm³/mol. The summed E-state index contributed by atoms with van der Waals surface area (Å²) >= 11 is 0. The molecule has 0 aromatic heterocycles. The minimum Gasteiger partial charge on any atom is -0.0776 e. The molecule has 0 nitrogen and oxygen atoms in total. The van der Waals surface area contributed by atoms with Crippen molar-refractivity contribution in [3.8, 4) is 0 Å². The summed E-state index contributed by atoms with van der Waals surface area (Å²) in [6.45, 7) is 18.2. The quantitative estimate of drug-likeness (QED) is 0.462. The zero-order chi connectivity index (χ0) is 10.2. The molecule has 13 heavy (non-hydrogen) atoms. The van der Waals surface area contributed by atoms with E-state index in [1.54, 1.807) is 0 Å². The van der Waals surface area contributed by atoms with Crippen molar-refractivity contribution in [2.75, 3.05) is 0 Å². The molecule has 0 radical (unpaired) electrons. The molecule has 0 heterocycles. The molecular formula is C13H28. The standard InChI is InChI=1S/C12H24.CH4/c1-9(11(3,4)5)10(2)12(6,7)8;/h1-8H3;1H4/b10-9-;. The minimum atomic E-state index is 0. The molecule has 0 aromatic carbocycles. The summed E-state index contributed by atoms with van der Waals surface area (Å²) in [5.74, 6) is 0. The molecule has 0 rings (SSSR count). The summed E-state index contributed by atoms with van der Waals surface area (Å²) in [6.07, 6.45) is 0. The van der Waals surface area contributed by atoms with E-state index >= 15 is 0 Å². The van der Waals surface area contributed by atoms with Crippen LogP contribution in [0.2, 0.25) is 0 Å². The van der Waals surface area contributed by atoms with Crippen molar-refractivity contribution in [3.05, 3.63) is 11.1 Å². The van der Waals surface area contributed by atoms with Gasteiger partial charge in [0.2, 0.25) is 0 Å². The third-order valence-electron chi connectivity index (χ3n) is 2.81. The van der Waals surface area contributed by atoms with Gasteiger partial charge in [-0.25, -0.2) is 0 Å². The van der Waals surface area contributed by atoms with Crippen LogP contribution in [0.25, 0.3) is 0 Å². The Balaban J connectivity index is 0. The molecule has 0 amide bonds. The van der Waals surface area contributed by atoms with Gasteiger partial charge in [0.1, 0.15) is 0 Å². The van der Waals surface area contributed by atoms with Crippen molar-refractivity contribution in [1.29, 1.82) is 0 Å². The van der Waals surface area contributed by atoms with Crippen molar-refractivity contribution >= 4 is 0 Å². The normalized spacial score (nSPS) is 14.8. The molecule has 0 saturated heterocycles. The lowest BCUT2D eigenvalue weighted by Crippen LogP contribution is -2.16. The van der Waals surface area contributed by atoms with Crippen molar-refractivity contribution < 1.29 is 0 Å². The van der Waals surface area contributed by atoms with Gasteiger partial charge < -0.3 is 0 Å². The number of allylic oxidation sites excluding steroid dienone is 2. The van der Waals surface area contributed by atoms with Gasteiger partial charge in [-0.1, -0.05) is 60.1 Å². The van der Waals surface area contributed by atoms with Crippen LogP contribution in [0.4, 0.5) is 0 Å². The zero-order valence-corrected chi connectivity index (χ0v) is 10.0. The lowest BCUT2D eigenvalue weighted by Gasteiger charge is -2.29. The molecular weight excluding hydrogens is 156 g/mol. The molecule has 0 N–H and O–H groups in total. The zero-order valence-electron chi connectivity index (χ0n) is 10.0. The molecule has 0 aliphatic heterocycles. The lowest BCUT2D eigenvalue weighted by atomic mass is 9.76. The summed E-state index contributed by atoms with van der Waals surface area (Å²) in [6, 6.07) is 0. The molecule has 0 aromatic rings. The van der Waals surface area contributed by atoms with Gasteiger partial charge in [-0.3, -0.25) is 0 Å². The second-order valence-electron chi connectivity index (χ2n) is 5.75. The summed E-state index contributed by atoms with van der Waals surface area (Å²) in [5.41, 5.74) is 3.68. The molecule has 80 valence electrons. The van der Waals surface area contributed by atoms with Crippen LogP contribution >= 0.6 is 0 Å². The Morgan fingerprint density at radius 1 is 0.615 bits per heavy atom. The van der Waals surface area contributed by atoms with Gasteiger partial charge in [0.25, 0.3) is 0 Å². The van der Waals surface area contributed by atoms with Gasteiger partial charge in [0, 0.05) is 0 Å². The molecule has 0 fully saturated rings. The minimum absolute atomic E-state index is 0. The SMILES string of the molecule is C.C/C(=C(\C)C(C)(C)C)C(C)(C)C. The van der Waals surface area contributed by atoms with E-state index in [0.29, 0.717) is 10.8 Å². The Morgan fingerprint density at radius 2 is 0.769 bits per heavy atom. The Kier molecular flexibility index (Phi) is 5.04. The molecule has 0 atom stereocenters. The topological polar surface area (TPSA) is 0 Å². The van der Waals surface area contributed by atoms with Gasteiger partial charge in [0.05, 0.1) is 0 Å². The number of hydrogen-bond donors (Lipinski definition) is 0. The molecule has 0 unspecified atom stereocenters. The van der Waals surface area contributed by atoms with E-state index in [2.05, 4.69) is 55.4 Å². The highest BCUT2D eigenvalue weighted by Gasteiger charge is 2.21. The summed E-state index contributed by atoms with van der Waals surface area (Å²) in [7, 11) is 0. The average molecular weight is 184 g/mol. The van der Waals surface area contributed by atoms with Crippen molar-refractivity contribution in [1.82, 2.24) is 0 Å². The van der Waals surface area contributed by atoms with Crippen LogP contribution in [-0.2, 0) is 0 Å². The maximum Gasteiger partial charge on any atom is -0.0173 e. The number of hydrogen-bond acceptors (Lipinski definition) is 0. The molecule has 0 saturated carbocycles. The van der Waals surface area contributed by atoms with E-state index in [-0.39, 0.29) is 7.43 Å². The fourth-order valence-corrected chi connectivity index (χ4v) is 1.12. The van der Waals surface area contributed by atoms with Gasteiger partial charge in [-0.2, -0.15) is 0 Å². The maximum absolute atomic E-state index is 2.28. The molecule has 0 spiro atoms. The average Bonchev–Trinajstić information content (AvgIpc) is 1.80. The predicted octanol–water partition coefficient (Wildman–Crippen LogP) is 5.05. The third-order valence-corrected chi connectivity index (χ3v) is 2.81. The fraction of sp³-hybridized carbons (Fsp3) is 0.846. The smallest absolute Gasteiger partial charge is 0.0173 e. The van der Waals surface area contributed by atoms with Crippen LogP contribution in [0.3, 0.4) is 0 Å². The Morgan fingerprint density at radius 3 is 0.846 bits per heavy atom. The summed E-state index contributed by atoms with van der Waals surface area (Å²) < 4.78 is 0. The summed E-state index contributed by atoms with van der Waals surface area (Å²) in [4.78, 5) is 0. The van der Waals surface area contributed by atoms with E-state index < -0.39 is 0 Å². The first-order valence-electron chi connectivity index (χ1n) is 4.75. The van der Waals surface area contributed by atoms with E-state index in [1.807, 2.05) is 0 Å². The van der Waals surface area contributed by atoms with E-state index in [0.717, 1.165) is 0 Å². The van der Waals surface area contributed by atoms with Crippen LogP contribution in [0, 0.1) is 10.8 Å². The van der Waals surface area contributed by atoms with Crippen LogP contribution < -0.4 is 0 Å². The van der Waals surface area contributed by atoms with Crippen LogP contribution in [0.5, 0.6) is 0 Å². The Hall–Kier alpha value is -0.260. The van der Waals surface area contributed by atoms with Crippen molar-refractivity contribution in [2.45, 2.75) is 62.8 Å². The van der Waals surface area contributed by atoms with Gasteiger partial charge >= 0.3 is 0 Å². The highest BCUT2D eigenvalue weighted by atomic mass is 14.3. The second-order valence-corrected chi connectivity index (χ2v) is 5.75. The Labute approximate surface area is 85.4 Å². The third kappa shape index (κ3) is 4.50. The van der Waals surface area contributed by atoms with Crippen LogP contribution in [0.1, 0.15) is 62.8 Å². The van der Waals surface area contributed by atoms with Crippen molar-refractivity contribution in [2.24, 2.45) is 10.8 Å². The summed E-state index contributed by atoms with van der Waals surface area (Å²) in [5, 5.41) is 0. The van der Waals surface area contributed by atoms with E-state index in [4.69, 9.17) is 0 Å². The van der Waals surface area contributed by atoms with Crippen LogP contribution in [0.15, 0.2) is 11.1 Å². The van der Waals surface area contributed by atoms with E-state index in [1.165, 1.54) is 11.1 Å².